The number of H-pyrrole nitrogens is 1. The number of imidazole rings is 1. The Morgan fingerprint density at radius 2 is 2.44 bits per heavy atom. The first kappa shape index (κ1) is 11.6. The Kier molecular flexibility index (Phi) is 3.61. The van der Waals surface area contributed by atoms with Crippen LogP contribution in [0.15, 0.2) is 6.33 Å². The van der Waals surface area contributed by atoms with E-state index in [9.17, 15) is 0 Å². The molecule has 4 nitrogen and oxygen atoms in total. The fourth-order valence-electron chi connectivity index (χ4n) is 2.28. The van der Waals surface area contributed by atoms with Crippen LogP contribution in [0.1, 0.15) is 31.2 Å². The van der Waals surface area contributed by atoms with E-state index in [0.717, 1.165) is 12.2 Å². The van der Waals surface area contributed by atoms with Crippen molar-refractivity contribution in [2.45, 2.75) is 45.3 Å². The molecule has 1 aromatic rings. The van der Waals surface area contributed by atoms with Gasteiger partial charge in [-0.25, -0.2) is 4.98 Å². The largest absolute Gasteiger partial charge is 0.348 e. The Morgan fingerprint density at radius 3 is 3.06 bits per heavy atom. The molecule has 2 atom stereocenters. The monoisotopic (exact) mass is 222 g/mol. The zero-order valence-corrected chi connectivity index (χ0v) is 10.5. The molecular formula is C12H22N4. The predicted octanol–water partition coefficient (Wildman–Crippen LogP) is 1.29. The molecule has 0 amide bonds. The number of hydrogen-bond acceptors (Lipinski definition) is 3. The Labute approximate surface area is 97.4 Å². The van der Waals surface area contributed by atoms with Crippen LogP contribution in [0.2, 0.25) is 0 Å². The minimum atomic E-state index is 0.641. The van der Waals surface area contributed by atoms with Crippen LogP contribution in [0.25, 0.3) is 0 Å². The Balaban J connectivity index is 1.81. The second-order valence-corrected chi connectivity index (χ2v) is 4.91. The third kappa shape index (κ3) is 2.62. The van der Waals surface area contributed by atoms with Crippen molar-refractivity contribution in [3.63, 3.8) is 0 Å². The Morgan fingerprint density at radius 1 is 1.62 bits per heavy atom. The van der Waals surface area contributed by atoms with Gasteiger partial charge >= 0.3 is 0 Å². The average Bonchev–Trinajstić information content (AvgIpc) is 2.66. The molecule has 0 aromatic carbocycles. The lowest BCUT2D eigenvalue weighted by atomic mass is 9.99. The quantitative estimate of drug-likeness (QED) is 0.810. The molecule has 90 valence electrons. The van der Waals surface area contributed by atoms with Crippen molar-refractivity contribution in [2.24, 2.45) is 0 Å². The van der Waals surface area contributed by atoms with E-state index in [2.05, 4.69) is 41.1 Å². The van der Waals surface area contributed by atoms with E-state index in [-0.39, 0.29) is 0 Å². The maximum atomic E-state index is 4.31. The summed E-state index contributed by atoms with van der Waals surface area (Å²) in [5, 5.41) is 3.61. The van der Waals surface area contributed by atoms with Crippen LogP contribution in [-0.4, -0.2) is 40.5 Å². The summed E-state index contributed by atoms with van der Waals surface area (Å²) in [6.07, 6.45) is 4.24. The molecule has 1 fully saturated rings. The van der Waals surface area contributed by atoms with E-state index in [4.69, 9.17) is 0 Å². The molecule has 1 aromatic heterocycles. The summed E-state index contributed by atoms with van der Waals surface area (Å²) < 4.78 is 0. The minimum Gasteiger partial charge on any atom is -0.348 e. The van der Waals surface area contributed by atoms with Gasteiger partial charge in [-0.2, -0.15) is 0 Å². The van der Waals surface area contributed by atoms with Crippen molar-refractivity contribution in [3.05, 3.63) is 17.7 Å². The van der Waals surface area contributed by atoms with Crippen molar-refractivity contribution < 1.29 is 0 Å². The highest BCUT2D eigenvalue weighted by Gasteiger charge is 2.22. The molecule has 0 aliphatic carbocycles. The lowest BCUT2D eigenvalue weighted by Crippen LogP contribution is -2.45. The lowest BCUT2D eigenvalue weighted by molar-refractivity contribution is 0.168. The highest BCUT2D eigenvalue weighted by atomic mass is 15.1. The molecule has 0 saturated carbocycles. The summed E-state index contributed by atoms with van der Waals surface area (Å²) in [6, 6.07) is 1.33. The molecule has 0 bridgehead atoms. The van der Waals surface area contributed by atoms with Crippen molar-refractivity contribution >= 4 is 0 Å². The van der Waals surface area contributed by atoms with Crippen LogP contribution in [0.4, 0.5) is 0 Å². The van der Waals surface area contributed by atoms with Gasteiger partial charge in [0.25, 0.3) is 0 Å². The molecule has 1 aliphatic heterocycles. The van der Waals surface area contributed by atoms with Gasteiger partial charge in [-0.1, -0.05) is 0 Å². The van der Waals surface area contributed by atoms with Gasteiger partial charge < -0.3 is 15.2 Å². The van der Waals surface area contributed by atoms with Gasteiger partial charge in [-0.05, 0) is 40.3 Å². The standard InChI is InChI=1S/C12H22N4/c1-9-6-11(4-5-16(9)3)13-7-12-10(2)14-8-15-12/h8-9,11,13H,4-7H2,1-3H3,(H,14,15). The second-order valence-electron chi connectivity index (χ2n) is 4.91. The molecule has 16 heavy (non-hydrogen) atoms. The predicted molar refractivity (Wildman–Crippen MR) is 65.3 cm³/mol. The molecule has 1 aliphatic rings. The topological polar surface area (TPSA) is 44.0 Å². The Bertz CT molecular complexity index is 334. The number of aryl methyl sites for hydroxylation is 1. The summed E-state index contributed by atoms with van der Waals surface area (Å²) in [5.41, 5.74) is 2.32. The number of likely N-dealkylation sites (tertiary alicyclic amines) is 1. The van der Waals surface area contributed by atoms with Crippen LogP contribution in [0, 0.1) is 6.92 Å². The summed E-state index contributed by atoms with van der Waals surface area (Å²) in [6.45, 7) is 6.45. The summed E-state index contributed by atoms with van der Waals surface area (Å²) in [7, 11) is 2.21. The van der Waals surface area contributed by atoms with E-state index in [0.29, 0.717) is 12.1 Å². The fraction of sp³-hybridized carbons (Fsp3) is 0.750. The molecule has 1 saturated heterocycles. The number of nitrogens with one attached hydrogen (secondary N) is 2. The van der Waals surface area contributed by atoms with Crippen molar-refractivity contribution in [3.8, 4) is 0 Å². The van der Waals surface area contributed by atoms with Gasteiger partial charge in [-0.15, -0.1) is 0 Å². The third-order valence-electron chi connectivity index (χ3n) is 3.70. The second kappa shape index (κ2) is 4.97. The zero-order valence-electron chi connectivity index (χ0n) is 10.5. The summed E-state index contributed by atoms with van der Waals surface area (Å²) >= 11 is 0. The van der Waals surface area contributed by atoms with Gasteiger partial charge in [0.1, 0.15) is 0 Å². The van der Waals surface area contributed by atoms with Gasteiger partial charge in [0, 0.05) is 24.3 Å². The van der Waals surface area contributed by atoms with Gasteiger partial charge in [-0.3, -0.25) is 0 Å². The number of aromatic amines is 1. The smallest absolute Gasteiger partial charge is 0.0925 e. The highest BCUT2D eigenvalue weighted by molar-refractivity contribution is 5.08. The maximum absolute atomic E-state index is 4.31. The number of hydrogen-bond donors (Lipinski definition) is 2. The first-order valence-corrected chi connectivity index (χ1v) is 6.09. The van der Waals surface area contributed by atoms with Crippen molar-refractivity contribution in [1.82, 2.24) is 20.2 Å². The fourth-order valence-corrected chi connectivity index (χ4v) is 2.28. The minimum absolute atomic E-state index is 0.641. The molecule has 4 heteroatoms. The van der Waals surface area contributed by atoms with Crippen LogP contribution in [0.3, 0.4) is 0 Å². The van der Waals surface area contributed by atoms with E-state index in [1.165, 1.54) is 25.1 Å². The molecule has 2 unspecified atom stereocenters. The van der Waals surface area contributed by atoms with E-state index < -0.39 is 0 Å². The number of nitrogens with zero attached hydrogens (tertiary/aromatic N) is 2. The van der Waals surface area contributed by atoms with E-state index >= 15 is 0 Å². The van der Waals surface area contributed by atoms with Gasteiger partial charge in [0.15, 0.2) is 0 Å². The Hall–Kier alpha value is -0.870. The van der Waals surface area contributed by atoms with Gasteiger partial charge in [0.05, 0.1) is 12.0 Å². The third-order valence-corrected chi connectivity index (χ3v) is 3.70. The van der Waals surface area contributed by atoms with Crippen LogP contribution >= 0.6 is 0 Å². The first-order chi connectivity index (χ1) is 7.66. The summed E-state index contributed by atoms with van der Waals surface area (Å²) in [4.78, 5) is 9.85. The van der Waals surface area contributed by atoms with E-state index in [1.54, 1.807) is 6.33 Å². The average molecular weight is 222 g/mol. The maximum Gasteiger partial charge on any atom is 0.0925 e. The summed E-state index contributed by atoms with van der Waals surface area (Å²) in [5.74, 6) is 0. The van der Waals surface area contributed by atoms with Crippen LogP contribution in [0.5, 0.6) is 0 Å². The van der Waals surface area contributed by atoms with Gasteiger partial charge in [0.2, 0.25) is 0 Å². The molecule has 2 rings (SSSR count). The lowest BCUT2D eigenvalue weighted by Gasteiger charge is -2.35. The highest BCUT2D eigenvalue weighted by Crippen LogP contribution is 2.15. The molecule has 2 N–H and O–H groups in total. The number of rotatable bonds is 3. The van der Waals surface area contributed by atoms with Crippen molar-refractivity contribution in [2.75, 3.05) is 13.6 Å². The molecule has 0 radical (unpaired) electrons. The molecular weight excluding hydrogens is 200 g/mol. The van der Waals surface area contributed by atoms with E-state index in [1.807, 2.05) is 0 Å². The number of aromatic nitrogens is 2. The number of piperidine rings is 1. The first-order valence-electron chi connectivity index (χ1n) is 6.09. The van der Waals surface area contributed by atoms with Crippen LogP contribution in [-0.2, 0) is 6.54 Å². The van der Waals surface area contributed by atoms with Crippen LogP contribution < -0.4 is 5.32 Å². The SMILES string of the molecule is Cc1[nH]cnc1CNC1CCN(C)C(C)C1. The zero-order chi connectivity index (χ0) is 11.5. The molecule has 2 heterocycles. The molecule has 0 spiro atoms. The van der Waals surface area contributed by atoms with Crippen molar-refractivity contribution in [1.29, 1.82) is 0 Å². The normalized spacial score (nSPS) is 27.2.